The minimum absolute atomic E-state index is 0.0242. The van der Waals surface area contributed by atoms with Gasteiger partial charge in [0.15, 0.2) is 17.2 Å². The van der Waals surface area contributed by atoms with Gasteiger partial charge in [-0.3, -0.25) is 14.5 Å². The monoisotopic (exact) mass is 561 g/mol. The summed E-state index contributed by atoms with van der Waals surface area (Å²) in [6.45, 7) is 3.08. The van der Waals surface area contributed by atoms with Gasteiger partial charge < -0.3 is 19.7 Å². The Balaban J connectivity index is 1.26. The fraction of sp³-hybridized carbons (Fsp3) is 0.375. The molecule has 7 nitrogen and oxygen atoms in total. The standard InChI is InChI=1S/C32H36ClN3O4/c33-26-13-14-28-27(21-26)34-31(37)22-36(17-7-2-8-20-39-29-11-5-6-12-30(29)40-28)32(38)23-35-18-15-25(16-19-35)24-9-3-1-4-10-24/h1,3-6,9-14,21,25H,2,7-8,15-20,22-23H2,(H,34,37). The number of nitrogens with one attached hydrogen (secondary N) is 1. The van der Waals surface area contributed by atoms with Gasteiger partial charge in [0.25, 0.3) is 0 Å². The zero-order valence-electron chi connectivity index (χ0n) is 22.7. The fourth-order valence-electron chi connectivity index (χ4n) is 5.32. The van der Waals surface area contributed by atoms with E-state index in [2.05, 4.69) is 34.5 Å². The molecular weight excluding hydrogens is 526 g/mol. The summed E-state index contributed by atoms with van der Waals surface area (Å²) in [6.07, 6.45) is 4.56. The maximum Gasteiger partial charge on any atom is 0.244 e. The third-order valence-electron chi connectivity index (χ3n) is 7.52. The van der Waals surface area contributed by atoms with Crippen molar-refractivity contribution >= 4 is 29.1 Å². The molecule has 1 fully saturated rings. The van der Waals surface area contributed by atoms with Crippen LogP contribution in [0.5, 0.6) is 17.2 Å². The van der Waals surface area contributed by atoms with Crippen molar-refractivity contribution in [2.24, 2.45) is 0 Å². The molecule has 0 unspecified atom stereocenters. The number of amides is 2. The van der Waals surface area contributed by atoms with Crippen LogP contribution in [0, 0.1) is 0 Å². The van der Waals surface area contributed by atoms with Crippen molar-refractivity contribution in [3.8, 4) is 17.2 Å². The molecule has 0 spiro atoms. The number of benzene rings is 3. The van der Waals surface area contributed by atoms with Crippen LogP contribution in [0.2, 0.25) is 5.02 Å². The lowest BCUT2D eigenvalue weighted by atomic mass is 9.89. The van der Waals surface area contributed by atoms with Crippen LogP contribution < -0.4 is 14.8 Å². The van der Waals surface area contributed by atoms with Gasteiger partial charge in [-0.2, -0.15) is 0 Å². The maximum atomic E-state index is 13.4. The van der Waals surface area contributed by atoms with E-state index in [0.29, 0.717) is 53.6 Å². The molecule has 0 aliphatic carbocycles. The third kappa shape index (κ3) is 7.55. The van der Waals surface area contributed by atoms with E-state index in [1.165, 1.54) is 5.56 Å². The van der Waals surface area contributed by atoms with E-state index >= 15 is 0 Å². The fourth-order valence-corrected chi connectivity index (χ4v) is 5.49. The quantitative estimate of drug-likeness (QED) is 0.404. The number of ether oxygens (including phenoxy) is 2. The van der Waals surface area contributed by atoms with Gasteiger partial charge in [0.05, 0.1) is 25.4 Å². The number of likely N-dealkylation sites (tertiary alicyclic amines) is 1. The molecule has 3 aromatic rings. The number of hydrogen-bond acceptors (Lipinski definition) is 5. The number of rotatable bonds is 3. The summed E-state index contributed by atoms with van der Waals surface area (Å²) < 4.78 is 12.2. The largest absolute Gasteiger partial charge is 0.490 e. The minimum atomic E-state index is -0.289. The van der Waals surface area contributed by atoms with Crippen LogP contribution in [0.25, 0.3) is 0 Å². The van der Waals surface area contributed by atoms with Crippen LogP contribution in [0.1, 0.15) is 43.6 Å². The Labute approximate surface area is 241 Å². The van der Waals surface area contributed by atoms with Crippen LogP contribution in [0.15, 0.2) is 72.8 Å². The van der Waals surface area contributed by atoms with E-state index < -0.39 is 0 Å². The minimum Gasteiger partial charge on any atom is -0.490 e. The van der Waals surface area contributed by atoms with Crippen molar-refractivity contribution in [3.05, 3.63) is 83.4 Å². The van der Waals surface area contributed by atoms with E-state index in [-0.39, 0.29) is 18.4 Å². The molecular formula is C32H36ClN3O4. The molecule has 40 heavy (non-hydrogen) atoms. The first kappa shape index (κ1) is 28.0. The Morgan fingerprint density at radius 1 is 0.875 bits per heavy atom. The number of anilines is 1. The average molecular weight is 562 g/mol. The van der Waals surface area contributed by atoms with Gasteiger partial charge in [0, 0.05) is 11.6 Å². The summed E-state index contributed by atoms with van der Waals surface area (Å²) in [5.41, 5.74) is 1.81. The summed E-state index contributed by atoms with van der Waals surface area (Å²) in [7, 11) is 0. The molecule has 2 heterocycles. The molecule has 0 atom stereocenters. The van der Waals surface area contributed by atoms with E-state index in [9.17, 15) is 9.59 Å². The number of hydrogen-bond donors (Lipinski definition) is 1. The van der Waals surface area contributed by atoms with E-state index in [4.69, 9.17) is 21.1 Å². The SMILES string of the molecule is O=C1CN(C(=O)CN2CCC(c3ccccc3)CC2)CCCCCOc2ccccc2Oc2ccc(Cl)cc2N1. The highest BCUT2D eigenvalue weighted by atomic mass is 35.5. The molecule has 0 bridgehead atoms. The van der Waals surface area contributed by atoms with Crippen molar-refractivity contribution in [3.63, 3.8) is 0 Å². The summed E-state index contributed by atoms with van der Waals surface area (Å²) in [5.74, 6) is 1.86. The number of para-hydroxylation sites is 2. The highest BCUT2D eigenvalue weighted by Gasteiger charge is 2.25. The summed E-state index contributed by atoms with van der Waals surface area (Å²) in [5, 5.41) is 3.39. The molecule has 8 heteroatoms. The molecule has 0 aromatic heterocycles. The average Bonchev–Trinajstić information content (AvgIpc) is 2.97. The topological polar surface area (TPSA) is 71.1 Å². The normalized spacial score (nSPS) is 17.7. The molecule has 0 radical (unpaired) electrons. The Morgan fingerprint density at radius 2 is 1.62 bits per heavy atom. The lowest BCUT2D eigenvalue weighted by molar-refractivity contribution is -0.136. The van der Waals surface area contributed by atoms with Crippen molar-refractivity contribution in [2.45, 2.75) is 38.0 Å². The van der Waals surface area contributed by atoms with Gasteiger partial charge >= 0.3 is 0 Å². The third-order valence-corrected chi connectivity index (χ3v) is 7.75. The van der Waals surface area contributed by atoms with Crippen molar-refractivity contribution in [1.29, 1.82) is 0 Å². The number of piperidine rings is 1. The second kappa shape index (κ2) is 13.7. The smallest absolute Gasteiger partial charge is 0.244 e. The Hall–Kier alpha value is -3.55. The van der Waals surface area contributed by atoms with Crippen LogP contribution in [0.4, 0.5) is 5.69 Å². The Kier molecular flexibility index (Phi) is 9.58. The van der Waals surface area contributed by atoms with E-state index in [0.717, 1.165) is 45.2 Å². The van der Waals surface area contributed by atoms with Gasteiger partial charge in [0.1, 0.15) is 0 Å². The lowest BCUT2D eigenvalue weighted by Gasteiger charge is -2.33. The van der Waals surface area contributed by atoms with Crippen LogP contribution in [-0.2, 0) is 9.59 Å². The van der Waals surface area contributed by atoms with Crippen LogP contribution in [0.3, 0.4) is 0 Å². The molecule has 2 amide bonds. The lowest BCUT2D eigenvalue weighted by Crippen LogP contribution is -2.46. The molecule has 1 N–H and O–H groups in total. The molecule has 210 valence electrons. The predicted molar refractivity (Wildman–Crippen MR) is 157 cm³/mol. The first-order valence-electron chi connectivity index (χ1n) is 14.1. The Morgan fingerprint density at radius 3 is 2.42 bits per heavy atom. The van der Waals surface area contributed by atoms with E-state index in [1.807, 2.05) is 30.3 Å². The van der Waals surface area contributed by atoms with Gasteiger partial charge in [-0.1, -0.05) is 54.1 Å². The van der Waals surface area contributed by atoms with Crippen LogP contribution in [-0.4, -0.2) is 60.9 Å². The molecule has 5 rings (SSSR count). The van der Waals surface area contributed by atoms with Gasteiger partial charge in [0.2, 0.25) is 11.8 Å². The van der Waals surface area contributed by atoms with Crippen molar-refractivity contribution < 1.29 is 19.1 Å². The Bertz CT molecular complexity index is 1290. The first-order valence-corrected chi connectivity index (χ1v) is 14.5. The molecule has 1 saturated heterocycles. The number of carbonyl (C=O) groups is 2. The summed E-state index contributed by atoms with van der Waals surface area (Å²) >= 11 is 6.25. The van der Waals surface area contributed by atoms with Crippen LogP contribution >= 0.6 is 11.6 Å². The summed E-state index contributed by atoms with van der Waals surface area (Å²) in [6, 6.07) is 23.1. The number of fused-ring (bicyclic) bond motifs is 2. The second-order valence-electron chi connectivity index (χ2n) is 10.4. The summed E-state index contributed by atoms with van der Waals surface area (Å²) in [4.78, 5) is 30.5. The van der Waals surface area contributed by atoms with Gasteiger partial charge in [-0.15, -0.1) is 0 Å². The second-order valence-corrected chi connectivity index (χ2v) is 10.9. The predicted octanol–water partition coefficient (Wildman–Crippen LogP) is 6.34. The number of carbonyl (C=O) groups excluding carboxylic acids is 2. The van der Waals surface area contributed by atoms with Crippen molar-refractivity contribution in [1.82, 2.24) is 9.80 Å². The molecule has 3 aromatic carbocycles. The molecule has 0 saturated carbocycles. The first-order chi connectivity index (χ1) is 19.5. The highest BCUT2D eigenvalue weighted by Crippen LogP contribution is 2.36. The van der Waals surface area contributed by atoms with Gasteiger partial charge in [-0.05, 0) is 87.0 Å². The van der Waals surface area contributed by atoms with E-state index in [1.54, 1.807) is 23.1 Å². The highest BCUT2D eigenvalue weighted by molar-refractivity contribution is 6.31. The molecule has 2 aliphatic heterocycles. The maximum absolute atomic E-state index is 13.4. The van der Waals surface area contributed by atoms with Gasteiger partial charge in [-0.25, -0.2) is 0 Å². The molecule has 2 aliphatic rings. The number of halogens is 1. The zero-order valence-corrected chi connectivity index (χ0v) is 23.4. The zero-order chi connectivity index (χ0) is 27.7. The van der Waals surface area contributed by atoms with Crippen molar-refractivity contribution in [2.75, 3.05) is 44.6 Å². The number of nitrogens with zero attached hydrogens (tertiary/aromatic N) is 2.